The Morgan fingerprint density at radius 2 is 1.83 bits per heavy atom. The highest BCUT2D eigenvalue weighted by Crippen LogP contribution is 2.41. The van der Waals surface area contributed by atoms with Crippen LogP contribution in [-0.4, -0.2) is 51.5 Å². The zero-order chi connectivity index (χ0) is 20.1. The average Bonchev–Trinajstić information content (AvgIpc) is 3.37. The van der Waals surface area contributed by atoms with Crippen molar-refractivity contribution in [1.82, 2.24) is 0 Å². The molecule has 6 nitrogen and oxygen atoms in total. The van der Waals surface area contributed by atoms with Crippen LogP contribution in [0.2, 0.25) is 0 Å². The molecular formula is C23H33NO5. The molecule has 160 valence electrons. The lowest BCUT2D eigenvalue weighted by Gasteiger charge is -2.38. The zero-order valence-corrected chi connectivity index (χ0v) is 17.4. The Morgan fingerprint density at radius 1 is 1.10 bits per heavy atom. The molecule has 0 N–H and O–H groups in total. The number of rotatable bonds is 8. The van der Waals surface area contributed by atoms with E-state index in [2.05, 4.69) is 12.1 Å². The van der Waals surface area contributed by atoms with Crippen LogP contribution in [0.5, 0.6) is 0 Å². The molecule has 1 aliphatic carbocycles. The summed E-state index contributed by atoms with van der Waals surface area (Å²) in [5.41, 5.74) is 2.14. The molecule has 2 saturated heterocycles. The van der Waals surface area contributed by atoms with Crippen LogP contribution in [0, 0.1) is 5.92 Å². The number of nitrogens with zero attached hydrogens (tertiary/aromatic N) is 1. The molecule has 2 heterocycles. The molecule has 1 aromatic carbocycles. The lowest BCUT2D eigenvalue weighted by Crippen LogP contribution is -2.40. The van der Waals surface area contributed by atoms with E-state index in [0.717, 1.165) is 38.2 Å². The number of ether oxygens (including phenoxy) is 4. The Morgan fingerprint density at radius 3 is 2.52 bits per heavy atom. The first kappa shape index (κ1) is 20.6. The molecule has 3 aliphatic rings. The van der Waals surface area contributed by atoms with Crippen LogP contribution < -0.4 is 4.90 Å². The highest BCUT2D eigenvalue weighted by Gasteiger charge is 2.43. The maximum absolute atomic E-state index is 12.1. The van der Waals surface area contributed by atoms with Gasteiger partial charge in [-0.1, -0.05) is 31.4 Å². The van der Waals surface area contributed by atoms with E-state index in [-0.39, 0.29) is 18.0 Å². The van der Waals surface area contributed by atoms with E-state index >= 15 is 0 Å². The fourth-order valence-corrected chi connectivity index (χ4v) is 4.98. The quantitative estimate of drug-likeness (QED) is 0.648. The van der Waals surface area contributed by atoms with Gasteiger partial charge in [0.2, 0.25) is 0 Å². The van der Waals surface area contributed by atoms with Gasteiger partial charge in [0.05, 0.1) is 26.4 Å². The van der Waals surface area contributed by atoms with Gasteiger partial charge in [0.1, 0.15) is 6.10 Å². The maximum atomic E-state index is 12.1. The van der Waals surface area contributed by atoms with E-state index in [1.165, 1.54) is 37.7 Å². The molecule has 1 saturated carbocycles. The first-order valence-electron chi connectivity index (χ1n) is 11.0. The first-order valence-corrected chi connectivity index (χ1v) is 11.0. The van der Waals surface area contributed by atoms with Crippen molar-refractivity contribution in [2.24, 2.45) is 5.92 Å². The molecular weight excluding hydrogens is 370 g/mol. The predicted molar refractivity (Wildman–Crippen MR) is 110 cm³/mol. The number of benzene rings is 1. The molecule has 0 spiro atoms. The normalized spacial score (nSPS) is 24.8. The van der Waals surface area contributed by atoms with Gasteiger partial charge in [-0.05, 0) is 43.4 Å². The largest absolute Gasteiger partial charge is 0.441 e. The molecule has 1 amide bonds. The van der Waals surface area contributed by atoms with Gasteiger partial charge in [0.25, 0.3) is 0 Å². The number of amides is 1. The summed E-state index contributed by atoms with van der Waals surface area (Å²) < 4.78 is 22.7. The van der Waals surface area contributed by atoms with E-state index in [4.69, 9.17) is 18.9 Å². The van der Waals surface area contributed by atoms with E-state index in [1.807, 2.05) is 12.1 Å². The van der Waals surface area contributed by atoms with Gasteiger partial charge in [0.15, 0.2) is 5.79 Å². The van der Waals surface area contributed by atoms with Crippen molar-refractivity contribution in [3.8, 4) is 0 Å². The van der Waals surface area contributed by atoms with Crippen LogP contribution >= 0.6 is 0 Å². The van der Waals surface area contributed by atoms with Crippen molar-refractivity contribution in [2.45, 2.75) is 63.3 Å². The van der Waals surface area contributed by atoms with Crippen molar-refractivity contribution < 1.29 is 23.7 Å². The smallest absolute Gasteiger partial charge is 0.414 e. The summed E-state index contributed by atoms with van der Waals surface area (Å²) in [6, 6.07) is 8.22. The number of anilines is 1. The van der Waals surface area contributed by atoms with E-state index < -0.39 is 0 Å². The third kappa shape index (κ3) is 4.76. The third-order valence-corrected chi connectivity index (χ3v) is 6.47. The van der Waals surface area contributed by atoms with Crippen LogP contribution in [0.4, 0.5) is 10.5 Å². The van der Waals surface area contributed by atoms with Gasteiger partial charge in [-0.3, -0.25) is 4.90 Å². The molecule has 0 radical (unpaired) electrons. The number of carbonyl (C=O) groups excluding carboxylic acids is 1. The van der Waals surface area contributed by atoms with Gasteiger partial charge < -0.3 is 18.9 Å². The summed E-state index contributed by atoms with van der Waals surface area (Å²) in [5.74, 6) is 0.193. The molecule has 2 aliphatic heterocycles. The average molecular weight is 404 g/mol. The summed E-state index contributed by atoms with van der Waals surface area (Å²) in [6.07, 6.45) is 8.87. The Labute approximate surface area is 173 Å². The van der Waals surface area contributed by atoms with Crippen LogP contribution in [-0.2, 0) is 25.4 Å². The number of methoxy groups -OCH3 is 1. The third-order valence-electron chi connectivity index (χ3n) is 6.47. The Balaban J connectivity index is 1.30. The SMILES string of the molecule is COCC1CN(c2ccc(CCCC3(C4CCCCC4)OCCO3)cc2)C(=O)O1. The van der Waals surface area contributed by atoms with Crippen LogP contribution in [0.25, 0.3) is 0 Å². The predicted octanol–water partition coefficient (Wildman–Crippen LogP) is 4.30. The van der Waals surface area contributed by atoms with Gasteiger partial charge >= 0.3 is 6.09 Å². The first-order chi connectivity index (χ1) is 14.2. The molecule has 0 aromatic heterocycles. The topological polar surface area (TPSA) is 57.2 Å². The van der Waals surface area contributed by atoms with Gasteiger partial charge in [-0.2, -0.15) is 0 Å². The minimum absolute atomic E-state index is 0.199. The molecule has 6 heteroatoms. The van der Waals surface area contributed by atoms with Gasteiger partial charge in [-0.15, -0.1) is 0 Å². The molecule has 4 rings (SSSR count). The Hall–Kier alpha value is -1.63. The second kappa shape index (κ2) is 9.45. The van der Waals surface area contributed by atoms with Crippen molar-refractivity contribution in [2.75, 3.05) is 38.4 Å². The van der Waals surface area contributed by atoms with Crippen LogP contribution in [0.15, 0.2) is 24.3 Å². The standard InChI is InChI=1S/C23H33NO5/c1-26-17-21-16-24(22(25)29-21)20-11-9-18(10-12-20)6-5-13-23(27-14-15-28-23)19-7-3-2-4-8-19/h9-12,19,21H,2-8,13-17H2,1H3. The van der Waals surface area contributed by atoms with Gasteiger partial charge in [0, 0.05) is 25.1 Å². The number of hydrogen-bond donors (Lipinski definition) is 0. The summed E-state index contributed by atoms with van der Waals surface area (Å²) in [4.78, 5) is 13.7. The van der Waals surface area contributed by atoms with E-state index in [0.29, 0.717) is 19.1 Å². The molecule has 1 atom stereocenters. The van der Waals surface area contributed by atoms with Crippen molar-refractivity contribution in [1.29, 1.82) is 0 Å². The van der Waals surface area contributed by atoms with E-state index in [1.54, 1.807) is 12.0 Å². The highest BCUT2D eigenvalue weighted by molar-refractivity contribution is 5.89. The fourth-order valence-electron chi connectivity index (χ4n) is 4.98. The summed E-state index contributed by atoms with van der Waals surface area (Å²) in [7, 11) is 1.62. The van der Waals surface area contributed by atoms with Gasteiger partial charge in [-0.25, -0.2) is 4.79 Å². The van der Waals surface area contributed by atoms with Crippen LogP contribution in [0.3, 0.4) is 0 Å². The molecule has 1 unspecified atom stereocenters. The minimum atomic E-state index is -0.351. The number of carbonyl (C=O) groups is 1. The number of cyclic esters (lactones) is 1. The zero-order valence-electron chi connectivity index (χ0n) is 17.4. The summed E-state index contributed by atoms with van der Waals surface area (Å²) in [5, 5.41) is 0. The summed E-state index contributed by atoms with van der Waals surface area (Å²) in [6.45, 7) is 2.40. The minimum Gasteiger partial charge on any atom is -0.441 e. The number of hydrogen-bond acceptors (Lipinski definition) is 5. The van der Waals surface area contributed by atoms with E-state index in [9.17, 15) is 4.79 Å². The maximum Gasteiger partial charge on any atom is 0.414 e. The monoisotopic (exact) mass is 403 g/mol. The molecule has 3 fully saturated rings. The molecule has 0 bridgehead atoms. The van der Waals surface area contributed by atoms with Crippen molar-refractivity contribution in [3.63, 3.8) is 0 Å². The second-order valence-corrected chi connectivity index (χ2v) is 8.44. The highest BCUT2D eigenvalue weighted by atomic mass is 16.7. The lowest BCUT2D eigenvalue weighted by atomic mass is 9.81. The Bertz CT molecular complexity index is 664. The second-order valence-electron chi connectivity index (χ2n) is 8.44. The molecule has 1 aromatic rings. The number of aryl methyl sites for hydroxylation is 1. The lowest BCUT2D eigenvalue weighted by molar-refractivity contribution is -0.207. The molecule has 29 heavy (non-hydrogen) atoms. The van der Waals surface area contributed by atoms with Crippen molar-refractivity contribution in [3.05, 3.63) is 29.8 Å². The van der Waals surface area contributed by atoms with Crippen molar-refractivity contribution >= 4 is 11.8 Å². The fraction of sp³-hybridized carbons (Fsp3) is 0.696. The van der Waals surface area contributed by atoms with Crippen LogP contribution in [0.1, 0.15) is 50.5 Å². The Kier molecular flexibility index (Phi) is 6.73. The summed E-state index contributed by atoms with van der Waals surface area (Å²) >= 11 is 0.